The van der Waals surface area contributed by atoms with E-state index in [1.54, 1.807) is 37.3 Å². The van der Waals surface area contributed by atoms with Gasteiger partial charge in [0.25, 0.3) is 15.9 Å². The van der Waals surface area contributed by atoms with Crippen LogP contribution in [-0.4, -0.2) is 30.9 Å². The summed E-state index contributed by atoms with van der Waals surface area (Å²) in [5.74, 6) is 0.313. The number of ether oxygens (including phenoxy) is 1. The Morgan fingerprint density at radius 3 is 2.58 bits per heavy atom. The highest BCUT2D eigenvalue weighted by atomic mass is 32.2. The van der Waals surface area contributed by atoms with Gasteiger partial charge in [0.1, 0.15) is 5.75 Å². The van der Waals surface area contributed by atoms with E-state index in [0.717, 1.165) is 12.8 Å². The van der Waals surface area contributed by atoms with E-state index in [1.807, 2.05) is 0 Å². The fourth-order valence-electron chi connectivity index (χ4n) is 2.66. The maximum absolute atomic E-state index is 12.5. The second-order valence-electron chi connectivity index (χ2n) is 6.84. The van der Waals surface area contributed by atoms with Crippen LogP contribution < -0.4 is 14.8 Å². The first kappa shape index (κ1) is 22.2. The molecular weight excluding hydrogens is 416 g/mol. The highest BCUT2D eigenvalue weighted by Gasteiger charge is 2.16. The Kier molecular flexibility index (Phi) is 7.19. The van der Waals surface area contributed by atoms with Gasteiger partial charge in [-0.1, -0.05) is 19.4 Å². The summed E-state index contributed by atoms with van der Waals surface area (Å²) in [7, 11) is -3.85. The number of unbranched alkanes of at least 4 members (excludes halogenated alkanes) is 1. The molecule has 2 aromatic carbocycles. The van der Waals surface area contributed by atoms with Gasteiger partial charge in [0.05, 0.1) is 11.5 Å². The first-order valence-corrected chi connectivity index (χ1v) is 11.3. The summed E-state index contributed by atoms with van der Waals surface area (Å²) in [4.78, 5) is 20.5. The van der Waals surface area contributed by atoms with Gasteiger partial charge in [-0.05, 0) is 61.9 Å². The third kappa shape index (κ3) is 6.26. The van der Waals surface area contributed by atoms with E-state index in [0.29, 0.717) is 29.3 Å². The van der Waals surface area contributed by atoms with E-state index in [1.165, 1.54) is 30.5 Å². The molecule has 0 radical (unpaired) electrons. The van der Waals surface area contributed by atoms with Gasteiger partial charge in [-0.15, -0.1) is 0 Å². The molecule has 162 valence electrons. The summed E-state index contributed by atoms with van der Waals surface area (Å²) in [6.45, 7) is 4.42. The number of amides is 1. The molecular formula is C22H24N4O4S. The highest BCUT2D eigenvalue weighted by molar-refractivity contribution is 7.92. The van der Waals surface area contributed by atoms with Crippen molar-refractivity contribution in [2.75, 3.05) is 16.6 Å². The maximum Gasteiger partial charge on any atom is 0.264 e. The van der Waals surface area contributed by atoms with Crippen molar-refractivity contribution in [2.45, 2.75) is 31.6 Å². The lowest BCUT2D eigenvalue weighted by molar-refractivity contribution is 0.102. The molecule has 3 rings (SSSR count). The maximum atomic E-state index is 12.5. The number of carbonyl (C=O) groups is 1. The van der Waals surface area contributed by atoms with E-state index in [-0.39, 0.29) is 16.8 Å². The Labute approximate surface area is 181 Å². The zero-order valence-electron chi connectivity index (χ0n) is 17.3. The quantitative estimate of drug-likeness (QED) is 0.486. The van der Waals surface area contributed by atoms with Crippen LogP contribution in [0.25, 0.3) is 0 Å². The molecule has 0 bridgehead atoms. The normalized spacial score (nSPS) is 11.0. The van der Waals surface area contributed by atoms with Crippen molar-refractivity contribution < 1.29 is 17.9 Å². The summed E-state index contributed by atoms with van der Waals surface area (Å²) >= 11 is 0. The Hall–Kier alpha value is -3.46. The number of nitrogens with zero attached hydrogens (tertiary/aromatic N) is 2. The van der Waals surface area contributed by atoms with E-state index in [2.05, 4.69) is 26.9 Å². The van der Waals surface area contributed by atoms with Crippen LogP contribution in [0.3, 0.4) is 0 Å². The van der Waals surface area contributed by atoms with Crippen LogP contribution in [0.2, 0.25) is 0 Å². The first-order chi connectivity index (χ1) is 14.9. The third-order valence-corrected chi connectivity index (χ3v) is 5.65. The minimum Gasteiger partial charge on any atom is -0.494 e. The molecule has 1 aromatic heterocycles. The van der Waals surface area contributed by atoms with E-state index in [9.17, 15) is 13.2 Å². The Bertz CT molecular complexity index is 1150. The van der Waals surface area contributed by atoms with Crippen LogP contribution in [0.5, 0.6) is 5.75 Å². The molecule has 0 aliphatic heterocycles. The number of carbonyl (C=O) groups excluding carboxylic acids is 1. The summed E-state index contributed by atoms with van der Waals surface area (Å²) in [5.41, 5.74) is 1.56. The molecule has 1 heterocycles. The number of benzene rings is 2. The van der Waals surface area contributed by atoms with Gasteiger partial charge in [0, 0.05) is 23.1 Å². The first-order valence-electron chi connectivity index (χ1n) is 9.84. The molecule has 8 nitrogen and oxygen atoms in total. The number of anilines is 2. The molecule has 0 atom stereocenters. The van der Waals surface area contributed by atoms with Gasteiger partial charge >= 0.3 is 0 Å². The molecule has 31 heavy (non-hydrogen) atoms. The van der Waals surface area contributed by atoms with Gasteiger partial charge in [0.2, 0.25) is 5.95 Å². The number of sulfonamides is 1. The van der Waals surface area contributed by atoms with Crippen LogP contribution in [0.1, 0.15) is 35.8 Å². The van der Waals surface area contributed by atoms with Crippen molar-refractivity contribution in [1.29, 1.82) is 0 Å². The van der Waals surface area contributed by atoms with E-state index < -0.39 is 10.0 Å². The Balaban J connectivity index is 1.66. The summed E-state index contributed by atoms with van der Waals surface area (Å²) < 4.78 is 33.0. The van der Waals surface area contributed by atoms with E-state index >= 15 is 0 Å². The van der Waals surface area contributed by atoms with Gasteiger partial charge in [-0.25, -0.2) is 23.1 Å². The third-order valence-electron chi connectivity index (χ3n) is 4.31. The number of hydrogen-bond acceptors (Lipinski definition) is 6. The van der Waals surface area contributed by atoms with Crippen molar-refractivity contribution in [3.05, 3.63) is 72.1 Å². The second kappa shape index (κ2) is 10.0. The summed E-state index contributed by atoms with van der Waals surface area (Å²) in [6.07, 6.45) is 3.44. The Morgan fingerprint density at radius 1 is 1.10 bits per heavy atom. The average Bonchev–Trinajstić information content (AvgIpc) is 2.74. The molecule has 0 saturated carbocycles. The van der Waals surface area contributed by atoms with Crippen LogP contribution in [0.15, 0.2) is 65.7 Å². The second-order valence-corrected chi connectivity index (χ2v) is 8.52. The fraction of sp³-hybridized carbons (Fsp3) is 0.227. The largest absolute Gasteiger partial charge is 0.494 e. The van der Waals surface area contributed by atoms with Crippen molar-refractivity contribution >= 4 is 27.6 Å². The average molecular weight is 441 g/mol. The topological polar surface area (TPSA) is 110 Å². The van der Waals surface area contributed by atoms with Gasteiger partial charge in [-0.3, -0.25) is 4.79 Å². The number of nitrogens with one attached hydrogen (secondary N) is 2. The van der Waals surface area contributed by atoms with Crippen LogP contribution >= 0.6 is 0 Å². The number of aryl methyl sites for hydroxylation is 1. The smallest absolute Gasteiger partial charge is 0.264 e. The number of aromatic nitrogens is 2. The molecule has 0 aliphatic rings. The molecule has 0 aliphatic carbocycles. The molecule has 1 amide bonds. The molecule has 0 unspecified atom stereocenters. The zero-order chi connectivity index (χ0) is 22.3. The monoisotopic (exact) mass is 440 g/mol. The van der Waals surface area contributed by atoms with Crippen LogP contribution in [0.4, 0.5) is 11.6 Å². The number of hydrogen-bond donors (Lipinski definition) is 2. The molecule has 0 spiro atoms. The lowest BCUT2D eigenvalue weighted by Gasteiger charge is -2.10. The lowest BCUT2D eigenvalue weighted by atomic mass is 10.2. The van der Waals surface area contributed by atoms with Crippen molar-refractivity contribution in [2.24, 2.45) is 0 Å². The SMILES string of the molecule is CCCCOc1cccc(C(=O)Nc2ccc(S(=O)(=O)Nc3nccc(C)n3)cc2)c1. The van der Waals surface area contributed by atoms with Crippen LogP contribution in [-0.2, 0) is 10.0 Å². The van der Waals surface area contributed by atoms with E-state index in [4.69, 9.17) is 4.74 Å². The van der Waals surface area contributed by atoms with Gasteiger partial charge in [-0.2, -0.15) is 0 Å². The van der Waals surface area contributed by atoms with Crippen molar-refractivity contribution in [3.8, 4) is 5.75 Å². The van der Waals surface area contributed by atoms with Gasteiger partial charge < -0.3 is 10.1 Å². The standard InChI is InChI=1S/C22H24N4O4S/c1-3-4-14-30-19-7-5-6-17(15-19)21(27)25-18-8-10-20(11-9-18)31(28,29)26-22-23-13-12-16(2)24-22/h5-13,15H,3-4,14H2,1-2H3,(H,25,27)(H,23,24,26). The molecule has 9 heteroatoms. The minimum atomic E-state index is -3.85. The summed E-state index contributed by atoms with van der Waals surface area (Å²) in [6, 6.07) is 14.4. The van der Waals surface area contributed by atoms with Crippen molar-refractivity contribution in [1.82, 2.24) is 9.97 Å². The molecule has 3 aromatic rings. The molecule has 0 saturated heterocycles. The molecule has 2 N–H and O–H groups in total. The van der Waals surface area contributed by atoms with Crippen molar-refractivity contribution in [3.63, 3.8) is 0 Å². The number of rotatable bonds is 9. The predicted molar refractivity (Wildman–Crippen MR) is 119 cm³/mol. The lowest BCUT2D eigenvalue weighted by Crippen LogP contribution is -2.16. The highest BCUT2D eigenvalue weighted by Crippen LogP contribution is 2.19. The van der Waals surface area contributed by atoms with Crippen LogP contribution in [0, 0.1) is 6.92 Å². The fourth-order valence-corrected chi connectivity index (χ4v) is 3.61. The van der Waals surface area contributed by atoms with Gasteiger partial charge in [0.15, 0.2) is 0 Å². The predicted octanol–water partition coefficient (Wildman–Crippen LogP) is 4.02. The minimum absolute atomic E-state index is 0.00147. The zero-order valence-corrected chi connectivity index (χ0v) is 18.1. The molecule has 0 fully saturated rings. The summed E-state index contributed by atoms with van der Waals surface area (Å²) in [5, 5.41) is 2.75. The Morgan fingerprint density at radius 2 is 1.87 bits per heavy atom.